The maximum atomic E-state index is 13.6. The summed E-state index contributed by atoms with van der Waals surface area (Å²) in [5.74, 6) is -0.591. The van der Waals surface area contributed by atoms with E-state index in [9.17, 15) is 17.6 Å². The summed E-state index contributed by atoms with van der Waals surface area (Å²) in [6, 6.07) is 9.18. The average Bonchev–Trinajstić information content (AvgIpc) is 2.75. The lowest BCUT2D eigenvalue weighted by molar-refractivity contribution is -0.111. The van der Waals surface area contributed by atoms with Gasteiger partial charge in [-0.25, -0.2) is 12.8 Å². The van der Waals surface area contributed by atoms with E-state index in [2.05, 4.69) is 5.32 Å². The van der Waals surface area contributed by atoms with Crippen LogP contribution in [0.15, 0.2) is 47.4 Å². The van der Waals surface area contributed by atoms with Crippen LogP contribution in [0, 0.1) is 12.7 Å². The maximum Gasteiger partial charge on any atom is 0.248 e. The van der Waals surface area contributed by atoms with Gasteiger partial charge in [0, 0.05) is 24.9 Å². The Morgan fingerprint density at radius 3 is 2.53 bits per heavy atom. The van der Waals surface area contributed by atoms with Crippen LogP contribution in [0.3, 0.4) is 0 Å². The zero-order chi connectivity index (χ0) is 21.7. The third-order valence-electron chi connectivity index (χ3n) is 4.99. The summed E-state index contributed by atoms with van der Waals surface area (Å²) in [5.41, 5.74) is 1.37. The van der Waals surface area contributed by atoms with Crippen molar-refractivity contribution in [3.63, 3.8) is 0 Å². The topological polar surface area (TPSA) is 75.7 Å². The maximum absolute atomic E-state index is 13.6. The smallest absolute Gasteiger partial charge is 0.248 e. The van der Waals surface area contributed by atoms with Gasteiger partial charge in [0.05, 0.1) is 7.11 Å². The van der Waals surface area contributed by atoms with Gasteiger partial charge < -0.3 is 10.1 Å². The summed E-state index contributed by atoms with van der Waals surface area (Å²) in [5, 5.41) is 2.58. The van der Waals surface area contributed by atoms with Gasteiger partial charge in [-0.1, -0.05) is 18.6 Å². The lowest BCUT2D eigenvalue weighted by atomic mass is 10.2. The van der Waals surface area contributed by atoms with Gasteiger partial charge in [-0.2, -0.15) is 4.31 Å². The number of sulfonamides is 1. The van der Waals surface area contributed by atoms with E-state index >= 15 is 0 Å². The number of benzene rings is 2. The number of piperidine rings is 1. The van der Waals surface area contributed by atoms with E-state index in [-0.39, 0.29) is 10.6 Å². The fourth-order valence-electron chi connectivity index (χ4n) is 3.27. The molecule has 0 atom stereocenters. The molecule has 160 valence electrons. The number of methoxy groups -OCH3 is 1. The number of rotatable bonds is 6. The number of aryl methyl sites for hydroxylation is 1. The summed E-state index contributed by atoms with van der Waals surface area (Å²) in [6.07, 6.45) is 5.47. The van der Waals surface area contributed by atoms with Crippen molar-refractivity contribution >= 4 is 27.7 Å². The number of hydrogen-bond donors (Lipinski definition) is 1. The van der Waals surface area contributed by atoms with Crippen molar-refractivity contribution in [1.29, 1.82) is 0 Å². The highest BCUT2D eigenvalue weighted by molar-refractivity contribution is 7.89. The van der Waals surface area contributed by atoms with Crippen LogP contribution >= 0.6 is 0 Å². The first kappa shape index (κ1) is 22.0. The minimum absolute atomic E-state index is 0.0788. The Morgan fingerprint density at radius 2 is 1.87 bits per heavy atom. The molecule has 0 aromatic heterocycles. The van der Waals surface area contributed by atoms with Gasteiger partial charge in [-0.3, -0.25) is 4.79 Å². The first-order chi connectivity index (χ1) is 14.3. The Hall–Kier alpha value is -2.71. The molecule has 0 aliphatic carbocycles. The molecule has 0 bridgehead atoms. The Bertz CT molecular complexity index is 1060. The summed E-state index contributed by atoms with van der Waals surface area (Å²) >= 11 is 0. The fraction of sp³-hybridized carbons (Fsp3) is 0.318. The number of carbonyl (C=O) groups is 1. The molecule has 0 unspecified atom stereocenters. The largest absolute Gasteiger partial charge is 0.495 e. The summed E-state index contributed by atoms with van der Waals surface area (Å²) in [4.78, 5) is 12.2. The molecule has 2 aromatic carbocycles. The molecule has 1 fully saturated rings. The zero-order valence-electron chi connectivity index (χ0n) is 17.0. The molecule has 3 rings (SSSR count). The van der Waals surface area contributed by atoms with Crippen LogP contribution in [0.25, 0.3) is 6.08 Å². The van der Waals surface area contributed by atoms with Crippen LogP contribution < -0.4 is 10.1 Å². The Labute approximate surface area is 176 Å². The molecular weight excluding hydrogens is 407 g/mol. The highest BCUT2D eigenvalue weighted by atomic mass is 32.2. The second-order valence-corrected chi connectivity index (χ2v) is 9.07. The quantitative estimate of drug-likeness (QED) is 0.701. The molecule has 30 heavy (non-hydrogen) atoms. The number of nitrogens with zero attached hydrogens (tertiary/aromatic N) is 1. The molecule has 1 heterocycles. The number of carbonyl (C=O) groups excluding carboxylic acids is 1. The molecule has 1 aliphatic heterocycles. The van der Waals surface area contributed by atoms with Crippen LogP contribution in [0.5, 0.6) is 5.75 Å². The normalized spacial score (nSPS) is 15.3. The summed E-state index contributed by atoms with van der Waals surface area (Å²) < 4.78 is 46.5. The van der Waals surface area contributed by atoms with E-state index in [4.69, 9.17) is 4.74 Å². The first-order valence-corrected chi connectivity index (χ1v) is 11.2. The second-order valence-electron chi connectivity index (χ2n) is 7.16. The lowest BCUT2D eigenvalue weighted by Crippen LogP contribution is -2.35. The monoisotopic (exact) mass is 432 g/mol. The van der Waals surface area contributed by atoms with Gasteiger partial charge in [0.1, 0.15) is 16.5 Å². The van der Waals surface area contributed by atoms with Gasteiger partial charge in [0.15, 0.2) is 0 Å². The number of hydrogen-bond acceptors (Lipinski definition) is 4. The minimum Gasteiger partial charge on any atom is -0.495 e. The van der Waals surface area contributed by atoms with Crippen molar-refractivity contribution in [1.82, 2.24) is 4.31 Å². The highest BCUT2D eigenvalue weighted by Crippen LogP contribution is 2.30. The standard InChI is InChI=1S/C22H25FN2O4S/c1-16-6-9-18(15-19(16)23)24-22(26)11-8-17-7-10-20(29-2)21(14-17)30(27,28)25-12-4-3-5-13-25/h6-11,14-15H,3-5,12-13H2,1-2H3,(H,24,26)/b11-8+. The van der Waals surface area contributed by atoms with E-state index in [0.29, 0.717) is 29.9 Å². The predicted octanol–water partition coefficient (Wildman–Crippen LogP) is 3.97. The van der Waals surface area contributed by atoms with Gasteiger partial charge in [-0.05, 0) is 61.2 Å². The molecule has 0 spiro atoms. The zero-order valence-corrected chi connectivity index (χ0v) is 17.8. The fourth-order valence-corrected chi connectivity index (χ4v) is 4.98. The minimum atomic E-state index is -3.69. The molecule has 2 aromatic rings. The molecule has 8 heteroatoms. The summed E-state index contributed by atoms with van der Waals surface area (Å²) in [7, 11) is -2.27. The molecule has 0 radical (unpaired) electrons. The molecule has 0 saturated carbocycles. The third-order valence-corrected chi connectivity index (χ3v) is 6.91. The van der Waals surface area contributed by atoms with Crippen LogP contribution in [0.4, 0.5) is 10.1 Å². The highest BCUT2D eigenvalue weighted by Gasteiger charge is 2.29. The average molecular weight is 433 g/mol. The van der Waals surface area contributed by atoms with E-state index in [1.165, 1.54) is 35.7 Å². The predicted molar refractivity (Wildman–Crippen MR) is 114 cm³/mol. The molecule has 1 saturated heterocycles. The lowest BCUT2D eigenvalue weighted by Gasteiger charge is -2.26. The van der Waals surface area contributed by atoms with Crippen LogP contribution in [0.1, 0.15) is 30.4 Å². The Morgan fingerprint density at radius 1 is 1.13 bits per heavy atom. The summed E-state index contributed by atoms with van der Waals surface area (Å²) in [6.45, 7) is 2.61. The van der Waals surface area contributed by atoms with Gasteiger partial charge in [0.2, 0.25) is 15.9 Å². The van der Waals surface area contributed by atoms with Crippen LogP contribution in [0.2, 0.25) is 0 Å². The molecule has 1 N–H and O–H groups in total. The van der Waals surface area contributed by atoms with Crippen molar-refractivity contribution < 1.29 is 22.3 Å². The Kier molecular flexibility index (Phi) is 6.89. The van der Waals surface area contributed by atoms with Gasteiger partial charge >= 0.3 is 0 Å². The number of anilines is 1. The van der Waals surface area contributed by atoms with E-state index in [0.717, 1.165) is 19.3 Å². The van der Waals surface area contributed by atoms with E-state index in [1.807, 2.05) is 0 Å². The molecule has 1 aliphatic rings. The van der Waals surface area contributed by atoms with E-state index in [1.54, 1.807) is 31.2 Å². The van der Waals surface area contributed by atoms with Crippen molar-refractivity contribution in [2.45, 2.75) is 31.1 Å². The second kappa shape index (κ2) is 9.40. The van der Waals surface area contributed by atoms with Crippen LogP contribution in [-0.4, -0.2) is 38.8 Å². The number of ether oxygens (including phenoxy) is 1. The van der Waals surface area contributed by atoms with Crippen molar-refractivity contribution in [2.24, 2.45) is 0 Å². The van der Waals surface area contributed by atoms with Crippen molar-refractivity contribution in [2.75, 3.05) is 25.5 Å². The van der Waals surface area contributed by atoms with Crippen molar-refractivity contribution in [3.05, 3.63) is 59.4 Å². The van der Waals surface area contributed by atoms with E-state index < -0.39 is 21.7 Å². The van der Waals surface area contributed by atoms with Crippen molar-refractivity contribution in [3.8, 4) is 5.75 Å². The number of halogens is 1. The Balaban J connectivity index is 1.80. The number of amides is 1. The van der Waals surface area contributed by atoms with Gasteiger partial charge in [0.25, 0.3) is 0 Å². The first-order valence-electron chi connectivity index (χ1n) is 9.74. The molecular formula is C22H25FN2O4S. The third kappa shape index (κ3) is 5.06. The molecule has 6 nitrogen and oxygen atoms in total. The van der Waals surface area contributed by atoms with Gasteiger partial charge in [-0.15, -0.1) is 0 Å². The number of nitrogens with one attached hydrogen (secondary N) is 1. The SMILES string of the molecule is COc1ccc(/C=C/C(=O)Nc2ccc(C)c(F)c2)cc1S(=O)(=O)N1CCCCC1. The molecule has 1 amide bonds. The van der Waals surface area contributed by atoms with Crippen LogP contribution in [-0.2, 0) is 14.8 Å².